The van der Waals surface area contributed by atoms with Crippen LogP contribution in [0.2, 0.25) is 0 Å². The number of nitrogen functional groups attached to an aromatic ring is 1. The van der Waals surface area contributed by atoms with Crippen LogP contribution in [-0.2, 0) is 0 Å². The van der Waals surface area contributed by atoms with Crippen molar-refractivity contribution in [2.75, 3.05) is 5.73 Å². The van der Waals surface area contributed by atoms with E-state index >= 15 is 0 Å². The summed E-state index contributed by atoms with van der Waals surface area (Å²) in [6.07, 6.45) is 0. The van der Waals surface area contributed by atoms with Gasteiger partial charge in [0.2, 0.25) is 0 Å². The second-order valence-corrected chi connectivity index (χ2v) is 2.76. The highest BCUT2D eigenvalue weighted by molar-refractivity contribution is 5.93. The molecule has 2 aromatic carbocycles. The molecule has 0 amide bonds. The summed E-state index contributed by atoms with van der Waals surface area (Å²) in [5.41, 5.74) is 6.31. The molecule has 0 radical (unpaired) electrons. The van der Waals surface area contributed by atoms with Crippen molar-refractivity contribution in [1.82, 2.24) is 0 Å². The Morgan fingerprint density at radius 1 is 1.08 bits per heavy atom. The topological polar surface area (TPSA) is 46.2 Å². The second-order valence-electron chi connectivity index (χ2n) is 2.76. The van der Waals surface area contributed by atoms with E-state index in [1.54, 1.807) is 12.1 Å². The number of anilines is 1. The van der Waals surface area contributed by atoms with E-state index in [4.69, 9.17) is 5.73 Å². The molecule has 3 N–H and O–H groups in total. The van der Waals surface area contributed by atoms with Crippen molar-refractivity contribution in [3.8, 4) is 5.75 Å². The Morgan fingerprint density at radius 2 is 1.83 bits per heavy atom. The average molecular weight is 159 g/mol. The summed E-state index contributed by atoms with van der Waals surface area (Å²) in [6.45, 7) is 0. The van der Waals surface area contributed by atoms with Crippen LogP contribution < -0.4 is 5.73 Å². The first-order valence-electron chi connectivity index (χ1n) is 3.74. The van der Waals surface area contributed by atoms with Crippen molar-refractivity contribution >= 4 is 16.5 Å². The maximum atomic E-state index is 9.23. The molecule has 2 aromatic rings. The van der Waals surface area contributed by atoms with E-state index in [1.165, 1.54) is 0 Å². The number of nitrogens with two attached hydrogens (primary N) is 1. The third-order valence-electron chi connectivity index (χ3n) is 1.88. The predicted molar refractivity (Wildman–Crippen MR) is 50.0 cm³/mol. The minimum absolute atomic E-state index is 0.214. The Morgan fingerprint density at radius 3 is 2.67 bits per heavy atom. The van der Waals surface area contributed by atoms with Crippen molar-refractivity contribution in [2.45, 2.75) is 0 Å². The lowest BCUT2D eigenvalue weighted by atomic mass is 10.1. The van der Waals surface area contributed by atoms with Crippen LogP contribution in [0.15, 0.2) is 36.4 Å². The molecule has 0 atom stereocenters. The van der Waals surface area contributed by atoms with E-state index in [1.807, 2.05) is 24.3 Å². The van der Waals surface area contributed by atoms with Crippen LogP contribution in [-0.4, -0.2) is 5.11 Å². The SMILES string of the molecule is Nc1cc(O)cc2ccccc12. The van der Waals surface area contributed by atoms with E-state index in [0.29, 0.717) is 5.69 Å². The molecule has 0 bridgehead atoms. The number of hydrogen-bond donors (Lipinski definition) is 2. The van der Waals surface area contributed by atoms with Crippen LogP contribution in [0, 0.1) is 0 Å². The van der Waals surface area contributed by atoms with E-state index < -0.39 is 0 Å². The van der Waals surface area contributed by atoms with E-state index in [-0.39, 0.29) is 5.75 Å². The van der Waals surface area contributed by atoms with Gasteiger partial charge in [-0.3, -0.25) is 0 Å². The van der Waals surface area contributed by atoms with E-state index in [0.717, 1.165) is 10.8 Å². The van der Waals surface area contributed by atoms with Gasteiger partial charge in [-0.05, 0) is 11.5 Å². The molecule has 0 aliphatic heterocycles. The van der Waals surface area contributed by atoms with Gasteiger partial charge in [0, 0.05) is 17.1 Å². The maximum absolute atomic E-state index is 9.23. The standard InChI is InChI=1S/C10H9NO/c11-10-6-8(12)5-7-3-1-2-4-9(7)10/h1-6,12H,11H2. The minimum Gasteiger partial charge on any atom is -0.508 e. The fraction of sp³-hybridized carbons (Fsp3) is 0. The number of benzene rings is 2. The van der Waals surface area contributed by atoms with Crippen molar-refractivity contribution in [3.63, 3.8) is 0 Å². The van der Waals surface area contributed by atoms with Gasteiger partial charge in [0.15, 0.2) is 0 Å². The zero-order valence-corrected chi connectivity index (χ0v) is 6.49. The molecule has 0 saturated carbocycles. The third kappa shape index (κ3) is 0.975. The zero-order valence-electron chi connectivity index (χ0n) is 6.49. The Bertz CT molecular complexity index is 423. The van der Waals surface area contributed by atoms with Crippen molar-refractivity contribution in [2.24, 2.45) is 0 Å². The monoisotopic (exact) mass is 159 g/mol. The smallest absolute Gasteiger partial charge is 0.118 e. The Kier molecular flexibility index (Phi) is 1.40. The van der Waals surface area contributed by atoms with E-state index in [9.17, 15) is 5.11 Å². The highest BCUT2D eigenvalue weighted by Crippen LogP contribution is 2.25. The third-order valence-corrected chi connectivity index (χ3v) is 1.88. The molecule has 2 nitrogen and oxygen atoms in total. The van der Waals surface area contributed by atoms with Gasteiger partial charge in [0.1, 0.15) is 5.75 Å². The zero-order chi connectivity index (χ0) is 8.55. The maximum Gasteiger partial charge on any atom is 0.118 e. The first kappa shape index (κ1) is 6.98. The molecule has 60 valence electrons. The highest BCUT2D eigenvalue weighted by atomic mass is 16.3. The predicted octanol–water partition coefficient (Wildman–Crippen LogP) is 2.13. The fourth-order valence-corrected chi connectivity index (χ4v) is 1.32. The number of hydrogen-bond acceptors (Lipinski definition) is 2. The number of aromatic hydroxyl groups is 1. The molecule has 2 heteroatoms. The van der Waals surface area contributed by atoms with E-state index in [2.05, 4.69) is 0 Å². The van der Waals surface area contributed by atoms with Gasteiger partial charge in [0.25, 0.3) is 0 Å². The van der Waals surface area contributed by atoms with Crippen molar-refractivity contribution in [3.05, 3.63) is 36.4 Å². The molecular weight excluding hydrogens is 150 g/mol. The summed E-state index contributed by atoms with van der Waals surface area (Å²) in [5.74, 6) is 0.214. The first-order chi connectivity index (χ1) is 5.77. The molecular formula is C10H9NO. The molecule has 0 unspecified atom stereocenters. The molecule has 2 rings (SSSR count). The second kappa shape index (κ2) is 2.41. The lowest BCUT2D eigenvalue weighted by Gasteiger charge is -2.01. The Labute approximate surface area is 70.2 Å². The van der Waals surface area contributed by atoms with Gasteiger partial charge in [-0.2, -0.15) is 0 Å². The first-order valence-corrected chi connectivity index (χ1v) is 3.74. The molecule has 0 aromatic heterocycles. The van der Waals surface area contributed by atoms with Crippen LogP contribution >= 0.6 is 0 Å². The Balaban J connectivity index is 2.89. The van der Waals surface area contributed by atoms with Crippen LogP contribution in [0.25, 0.3) is 10.8 Å². The average Bonchev–Trinajstić information content (AvgIpc) is 2.04. The van der Waals surface area contributed by atoms with Gasteiger partial charge in [-0.25, -0.2) is 0 Å². The number of phenolic OH excluding ortho intramolecular Hbond substituents is 1. The summed E-state index contributed by atoms with van der Waals surface area (Å²) in [7, 11) is 0. The van der Waals surface area contributed by atoms with Gasteiger partial charge in [0.05, 0.1) is 0 Å². The lowest BCUT2D eigenvalue weighted by Crippen LogP contribution is -1.85. The molecule has 12 heavy (non-hydrogen) atoms. The summed E-state index contributed by atoms with van der Waals surface area (Å²) < 4.78 is 0. The summed E-state index contributed by atoms with van der Waals surface area (Å²) >= 11 is 0. The summed E-state index contributed by atoms with van der Waals surface area (Å²) in [4.78, 5) is 0. The Hall–Kier alpha value is -1.70. The van der Waals surface area contributed by atoms with Crippen LogP contribution in [0.5, 0.6) is 5.75 Å². The lowest BCUT2D eigenvalue weighted by molar-refractivity contribution is 0.476. The highest BCUT2D eigenvalue weighted by Gasteiger charge is 1.98. The number of fused-ring (bicyclic) bond motifs is 1. The van der Waals surface area contributed by atoms with Gasteiger partial charge in [-0.15, -0.1) is 0 Å². The normalized spacial score (nSPS) is 10.3. The van der Waals surface area contributed by atoms with Gasteiger partial charge in [-0.1, -0.05) is 24.3 Å². The summed E-state index contributed by atoms with van der Waals surface area (Å²) in [5, 5.41) is 11.2. The van der Waals surface area contributed by atoms with Crippen LogP contribution in [0.4, 0.5) is 5.69 Å². The van der Waals surface area contributed by atoms with Crippen molar-refractivity contribution in [1.29, 1.82) is 0 Å². The van der Waals surface area contributed by atoms with Gasteiger partial charge < -0.3 is 10.8 Å². The quantitative estimate of drug-likeness (QED) is 0.578. The fourth-order valence-electron chi connectivity index (χ4n) is 1.32. The van der Waals surface area contributed by atoms with Crippen LogP contribution in [0.1, 0.15) is 0 Å². The summed E-state index contributed by atoms with van der Waals surface area (Å²) in [6, 6.07) is 11.0. The number of phenols is 1. The molecule has 0 fully saturated rings. The van der Waals surface area contributed by atoms with Crippen LogP contribution in [0.3, 0.4) is 0 Å². The number of rotatable bonds is 0. The molecule has 0 spiro atoms. The molecule has 0 aliphatic carbocycles. The molecule has 0 heterocycles. The largest absolute Gasteiger partial charge is 0.508 e. The van der Waals surface area contributed by atoms with Crippen molar-refractivity contribution < 1.29 is 5.11 Å². The minimum atomic E-state index is 0.214. The molecule has 0 saturated heterocycles. The van der Waals surface area contributed by atoms with Gasteiger partial charge >= 0.3 is 0 Å². The molecule has 0 aliphatic rings.